The predicted molar refractivity (Wildman–Crippen MR) is 90.3 cm³/mol. The minimum Gasteiger partial charge on any atom is -0.370 e. The van der Waals surface area contributed by atoms with Crippen LogP contribution in [0.25, 0.3) is 5.70 Å². The molecule has 3 aliphatic rings. The highest BCUT2D eigenvalue weighted by Crippen LogP contribution is 2.53. The number of hydrogen-bond donors (Lipinski definition) is 0. The van der Waals surface area contributed by atoms with E-state index >= 15 is 0 Å². The number of piperidine rings is 1. The van der Waals surface area contributed by atoms with Gasteiger partial charge in [0.15, 0.2) is 5.78 Å². The molecule has 0 aromatic carbocycles. The van der Waals surface area contributed by atoms with Crippen LogP contribution in [0.1, 0.15) is 36.8 Å². The van der Waals surface area contributed by atoms with Crippen molar-refractivity contribution in [2.45, 2.75) is 32.1 Å². The first-order valence-corrected chi connectivity index (χ1v) is 8.48. The van der Waals surface area contributed by atoms with Gasteiger partial charge in [0.05, 0.1) is 17.3 Å². The maximum absolute atomic E-state index is 12.4. The minimum atomic E-state index is 0.0153. The molecule has 24 heavy (non-hydrogen) atoms. The lowest BCUT2D eigenvalue weighted by molar-refractivity contribution is -0.114. The molecule has 120 valence electrons. The number of pyridine rings is 1. The van der Waals surface area contributed by atoms with Crippen molar-refractivity contribution in [2.24, 2.45) is 11.3 Å². The molecule has 0 unspecified atom stereocenters. The van der Waals surface area contributed by atoms with Gasteiger partial charge in [-0.3, -0.25) is 9.78 Å². The van der Waals surface area contributed by atoms with Crippen molar-refractivity contribution in [1.29, 1.82) is 5.26 Å². The molecule has 0 amide bonds. The quantitative estimate of drug-likeness (QED) is 0.747. The summed E-state index contributed by atoms with van der Waals surface area (Å²) >= 11 is 0. The summed E-state index contributed by atoms with van der Waals surface area (Å²) in [4.78, 5) is 18.9. The number of allylic oxidation sites excluding steroid dienone is 1. The van der Waals surface area contributed by atoms with E-state index in [0.717, 1.165) is 55.6 Å². The Bertz CT molecular complexity index is 808. The molecule has 4 rings (SSSR count). The first-order chi connectivity index (χ1) is 11.7. The zero-order valence-corrected chi connectivity index (χ0v) is 13.6. The van der Waals surface area contributed by atoms with Gasteiger partial charge in [-0.15, -0.1) is 6.42 Å². The third-order valence-electron chi connectivity index (χ3n) is 5.85. The molecule has 1 aromatic heterocycles. The van der Waals surface area contributed by atoms with Gasteiger partial charge in [-0.05, 0) is 42.7 Å². The van der Waals surface area contributed by atoms with E-state index in [1.165, 1.54) is 0 Å². The summed E-state index contributed by atoms with van der Waals surface area (Å²) in [5.41, 5.74) is 3.78. The smallest absolute Gasteiger partial charge is 0.177 e. The normalized spacial score (nSPS) is 22.6. The molecule has 4 nitrogen and oxygen atoms in total. The highest BCUT2D eigenvalue weighted by Gasteiger charge is 2.46. The second-order valence-corrected chi connectivity index (χ2v) is 7.22. The Kier molecular flexibility index (Phi) is 3.43. The van der Waals surface area contributed by atoms with Crippen molar-refractivity contribution in [2.75, 3.05) is 13.1 Å². The monoisotopic (exact) mass is 317 g/mol. The number of terminal acetylenes is 1. The highest BCUT2D eigenvalue weighted by molar-refractivity contribution is 6.10. The van der Waals surface area contributed by atoms with Crippen molar-refractivity contribution >= 4 is 11.5 Å². The van der Waals surface area contributed by atoms with E-state index in [9.17, 15) is 4.79 Å². The zero-order valence-electron chi connectivity index (χ0n) is 13.6. The van der Waals surface area contributed by atoms with E-state index in [2.05, 4.69) is 21.9 Å². The first kappa shape index (κ1) is 15.0. The Balaban J connectivity index is 1.62. The molecule has 0 N–H and O–H groups in total. The minimum absolute atomic E-state index is 0.0153. The van der Waals surface area contributed by atoms with Crippen molar-refractivity contribution < 1.29 is 4.79 Å². The molecule has 0 atom stereocenters. The van der Waals surface area contributed by atoms with E-state index in [0.29, 0.717) is 17.4 Å². The summed E-state index contributed by atoms with van der Waals surface area (Å²) in [6.07, 6.45) is 13.7. The maximum Gasteiger partial charge on any atom is 0.177 e. The van der Waals surface area contributed by atoms with Gasteiger partial charge in [-0.2, -0.15) is 5.26 Å². The van der Waals surface area contributed by atoms with E-state index in [4.69, 9.17) is 11.7 Å². The molecule has 1 aromatic rings. The fourth-order valence-electron chi connectivity index (χ4n) is 4.49. The molecular formula is C20H19N3O. The number of likely N-dealkylation sites (tertiary alicyclic amines) is 1. The molecule has 4 heteroatoms. The van der Waals surface area contributed by atoms with Gasteiger partial charge in [0.2, 0.25) is 0 Å². The average molecular weight is 317 g/mol. The van der Waals surface area contributed by atoms with Crippen LogP contribution < -0.4 is 0 Å². The summed E-state index contributed by atoms with van der Waals surface area (Å²) < 4.78 is 0. The van der Waals surface area contributed by atoms with E-state index < -0.39 is 0 Å². The van der Waals surface area contributed by atoms with E-state index in [1.54, 1.807) is 12.4 Å². The third-order valence-corrected chi connectivity index (χ3v) is 5.85. The Hall–Kier alpha value is -2.59. The first-order valence-electron chi connectivity index (χ1n) is 8.48. The number of rotatable bonds is 1. The Morgan fingerprint density at radius 2 is 2.08 bits per heavy atom. The number of carbonyl (C=O) groups excluding carboxylic acids is 1. The SMILES string of the molecule is C#CC1=C(N2CCC3(CC2)CC(C#N)C3)c2ccncc2CC1=O. The lowest BCUT2D eigenvalue weighted by Gasteiger charge is -2.51. The third kappa shape index (κ3) is 2.22. The topological polar surface area (TPSA) is 57.0 Å². The van der Waals surface area contributed by atoms with Crippen LogP contribution in [0.5, 0.6) is 0 Å². The number of Topliss-reactive ketones (excluding diaryl/α,β-unsaturated/α-hetero) is 1. The number of carbonyl (C=O) groups is 1. The molecular weight excluding hydrogens is 298 g/mol. The van der Waals surface area contributed by atoms with Gasteiger partial charge in [0.25, 0.3) is 0 Å². The molecule has 1 saturated heterocycles. The fraction of sp³-hybridized carbons (Fsp3) is 0.450. The van der Waals surface area contributed by atoms with Gasteiger partial charge in [0, 0.05) is 43.4 Å². The van der Waals surface area contributed by atoms with Gasteiger partial charge in [-0.25, -0.2) is 0 Å². The number of hydrogen-bond acceptors (Lipinski definition) is 4. The highest BCUT2D eigenvalue weighted by atomic mass is 16.1. The number of aromatic nitrogens is 1. The number of ketones is 1. The van der Waals surface area contributed by atoms with Crippen LogP contribution in [0.4, 0.5) is 0 Å². The molecule has 0 radical (unpaired) electrons. The maximum atomic E-state index is 12.4. The van der Waals surface area contributed by atoms with E-state index in [1.807, 2.05) is 6.07 Å². The van der Waals surface area contributed by atoms with Crippen molar-refractivity contribution in [3.05, 3.63) is 35.2 Å². The Labute approximate surface area is 142 Å². The standard InChI is InChI=1S/C20H19N3O/c1-2-16-18(24)9-15-13-22-6-3-17(15)19(16)23-7-4-20(5-8-23)10-14(11-20)12-21/h1,3,6,13-14H,4-5,7-11H2. The van der Waals surface area contributed by atoms with Gasteiger partial charge in [-0.1, -0.05) is 5.92 Å². The number of fused-ring (bicyclic) bond motifs is 1. The van der Waals surface area contributed by atoms with Crippen molar-refractivity contribution in [1.82, 2.24) is 9.88 Å². The van der Waals surface area contributed by atoms with Crippen molar-refractivity contribution in [3.63, 3.8) is 0 Å². The molecule has 0 bridgehead atoms. The van der Waals surface area contributed by atoms with Crippen LogP contribution in [-0.4, -0.2) is 28.8 Å². The van der Waals surface area contributed by atoms with Crippen LogP contribution in [0.15, 0.2) is 24.0 Å². The average Bonchev–Trinajstić information content (AvgIpc) is 2.58. The molecule has 1 aliphatic heterocycles. The second kappa shape index (κ2) is 5.49. The summed E-state index contributed by atoms with van der Waals surface area (Å²) in [5, 5.41) is 9.03. The lowest BCUT2D eigenvalue weighted by atomic mass is 9.58. The van der Waals surface area contributed by atoms with Gasteiger partial charge < -0.3 is 4.90 Å². The van der Waals surface area contributed by atoms with Crippen molar-refractivity contribution in [3.8, 4) is 18.4 Å². The van der Waals surface area contributed by atoms with Crippen LogP contribution >= 0.6 is 0 Å². The fourth-order valence-corrected chi connectivity index (χ4v) is 4.49. The Morgan fingerprint density at radius 3 is 2.75 bits per heavy atom. The summed E-state index contributed by atoms with van der Waals surface area (Å²) in [6.45, 7) is 1.79. The largest absolute Gasteiger partial charge is 0.370 e. The van der Waals surface area contributed by atoms with Crippen LogP contribution in [0, 0.1) is 35.0 Å². The van der Waals surface area contributed by atoms with Crippen LogP contribution in [-0.2, 0) is 11.2 Å². The lowest BCUT2D eigenvalue weighted by Crippen LogP contribution is -2.46. The summed E-state index contributed by atoms with van der Waals surface area (Å²) in [6, 6.07) is 4.35. The summed E-state index contributed by atoms with van der Waals surface area (Å²) in [7, 11) is 0. The number of nitrogens with zero attached hydrogens (tertiary/aromatic N) is 3. The molecule has 1 spiro atoms. The van der Waals surface area contributed by atoms with Gasteiger partial charge >= 0.3 is 0 Å². The summed E-state index contributed by atoms with van der Waals surface area (Å²) in [5.74, 6) is 2.88. The predicted octanol–water partition coefficient (Wildman–Crippen LogP) is 2.57. The Morgan fingerprint density at radius 1 is 1.33 bits per heavy atom. The van der Waals surface area contributed by atoms with Crippen LogP contribution in [0.3, 0.4) is 0 Å². The molecule has 2 aliphatic carbocycles. The molecule has 1 saturated carbocycles. The zero-order chi connectivity index (χ0) is 16.7. The number of nitriles is 1. The van der Waals surface area contributed by atoms with Gasteiger partial charge in [0.1, 0.15) is 0 Å². The second-order valence-electron chi connectivity index (χ2n) is 7.22. The van der Waals surface area contributed by atoms with Crippen LogP contribution in [0.2, 0.25) is 0 Å². The molecule has 2 heterocycles. The van der Waals surface area contributed by atoms with E-state index in [-0.39, 0.29) is 11.7 Å². The molecule has 2 fully saturated rings.